The summed E-state index contributed by atoms with van der Waals surface area (Å²) in [7, 11) is 0. The summed E-state index contributed by atoms with van der Waals surface area (Å²) in [4.78, 5) is 25.9. The highest BCUT2D eigenvalue weighted by Crippen LogP contribution is 2.22. The maximum Gasteiger partial charge on any atom is 0.321 e. The molecular weight excluding hydrogens is 376 g/mol. The third-order valence-electron chi connectivity index (χ3n) is 5.16. The molecule has 2 aromatic rings. The van der Waals surface area contributed by atoms with Crippen LogP contribution in [-0.4, -0.2) is 36.5 Å². The highest BCUT2D eigenvalue weighted by atomic mass is 19.1. The van der Waals surface area contributed by atoms with Crippen LogP contribution in [0.4, 0.5) is 19.3 Å². The van der Waals surface area contributed by atoms with E-state index in [1.54, 1.807) is 4.90 Å². The Morgan fingerprint density at radius 2 is 1.76 bits per heavy atom. The van der Waals surface area contributed by atoms with E-state index >= 15 is 0 Å². The molecule has 154 valence electrons. The molecular formula is C22H25F2N3O2. The van der Waals surface area contributed by atoms with Crippen LogP contribution in [0.15, 0.2) is 48.5 Å². The fourth-order valence-electron chi connectivity index (χ4n) is 3.47. The van der Waals surface area contributed by atoms with E-state index in [1.807, 2.05) is 30.3 Å². The maximum atomic E-state index is 13.7. The summed E-state index contributed by atoms with van der Waals surface area (Å²) in [6.45, 7) is 1.75. The lowest BCUT2D eigenvalue weighted by Gasteiger charge is -2.32. The molecule has 0 atom stereocenters. The average Bonchev–Trinajstić information content (AvgIpc) is 2.71. The molecule has 1 heterocycles. The lowest BCUT2D eigenvalue weighted by molar-refractivity contribution is -0.120. The fourth-order valence-corrected chi connectivity index (χ4v) is 3.47. The van der Waals surface area contributed by atoms with Gasteiger partial charge in [0, 0.05) is 25.7 Å². The number of anilines is 1. The predicted octanol–water partition coefficient (Wildman–Crippen LogP) is 3.96. The number of amides is 3. The fraction of sp³-hybridized carbons (Fsp3) is 0.364. The SMILES string of the molecule is O=C(Cc1ccccc1)NCCC1CCN(C(=O)Nc2ccc(F)cc2F)CC1. The molecule has 0 unspecified atom stereocenters. The van der Waals surface area contributed by atoms with E-state index in [9.17, 15) is 18.4 Å². The van der Waals surface area contributed by atoms with Gasteiger partial charge >= 0.3 is 6.03 Å². The van der Waals surface area contributed by atoms with Crippen LogP contribution in [0.1, 0.15) is 24.8 Å². The van der Waals surface area contributed by atoms with Crippen molar-refractivity contribution in [1.29, 1.82) is 0 Å². The molecule has 0 saturated carbocycles. The number of piperidine rings is 1. The maximum absolute atomic E-state index is 13.7. The van der Waals surface area contributed by atoms with Crippen LogP contribution in [0.25, 0.3) is 0 Å². The van der Waals surface area contributed by atoms with Crippen LogP contribution in [-0.2, 0) is 11.2 Å². The second kappa shape index (κ2) is 10.0. The van der Waals surface area contributed by atoms with Gasteiger partial charge in [-0.1, -0.05) is 30.3 Å². The van der Waals surface area contributed by atoms with Crippen LogP contribution in [0.3, 0.4) is 0 Å². The van der Waals surface area contributed by atoms with Crippen molar-refractivity contribution in [2.75, 3.05) is 25.0 Å². The molecule has 2 N–H and O–H groups in total. The third-order valence-corrected chi connectivity index (χ3v) is 5.16. The first kappa shape index (κ1) is 20.8. The second-order valence-corrected chi connectivity index (χ2v) is 7.29. The largest absolute Gasteiger partial charge is 0.356 e. The number of benzene rings is 2. The van der Waals surface area contributed by atoms with Crippen molar-refractivity contribution in [2.24, 2.45) is 5.92 Å². The first-order valence-corrected chi connectivity index (χ1v) is 9.83. The Morgan fingerprint density at radius 3 is 2.45 bits per heavy atom. The van der Waals surface area contributed by atoms with Gasteiger partial charge in [0.1, 0.15) is 11.6 Å². The Kier molecular flexibility index (Phi) is 7.16. The molecule has 1 fully saturated rings. The number of halogens is 2. The van der Waals surface area contributed by atoms with E-state index in [0.717, 1.165) is 37.0 Å². The van der Waals surface area contributed by atoms with E-state index in [1.165, 1.54) is 6.07 Å². The highest BCUT2D eigenvalue weighted by molar-refractivity contribution is 5.89. The summed E-state index contributed by atoms with van der Waals surface area (Å²) < 4.78 is 26.6. The minimum atomic E-state index is -0.792. The normalized spacial score (nSPS) is 14.5. The second-order valence-electron chi connectivity index (χ2n) is 7.29. The van der Waals surface area contributed by atoms with Crippen LogP contribution in [0.5, 0.6) is 0 Å². The van der Waals surface area contributed by atoms with Crippen molar-refractivity contribution in [1.82, 2.24) is 10.2 Å². The summed E-state index contributed by atoms with van der Waals surface area (Å²) >= 11 is 0. The number of nitrogens with one attached hydrogen (secondary N) is 2. The van der Waals surface area contributed by atoms with E-state index in [2.05, 4.69) is 10.6 Å². The van der Waals surface area contributed by atoms with E-state index in [4.69, 9.17) is 0 Å². The number of carbonyl (C=O) groups is 2. The van der Waals surface area contributed by atoms with E-state index in [-0.39, 0.29) is 17.6 Å². The third kappa shape index (κ3) is 6.27. The Morgan fingerprint density at radius 1 is 1.03 bits per heavy atom. The van der Waals surface area contributed by atoms with Crippen LogP contribution in [0, 0.1) is 17.6 Å². The minimum absolute atomic E-state index is 0.00865. The molecule has 2 aromatic carbocycles. The number of urea groups is 1. The average molecular weight is 401 g/mol. The summed E-state index contributed by atoms with van der Waals surface area (Å²) in [6.07, 6.45) is 2.89. The highest BCUT2D eigenvalue weighted by Gasteiger charge is 2.23. The number of carbonyl (C=O) groups excluding carboxylic acids is 2. The van der Waals surface area contributed by atoms with Gasteiger partial charge in [0.25, 0.3) is 0 Å². The molecule has 0 aromatic heterocycles. The predicted molar refractivity (Wildman–Crippen MR) is 107 cm³/mol. The summed E-state index contributed by atoms with van der Waals surface area (Å²) in [5.41, 5.74) is 0.960. The molecule has 3 rings (SSSR count). The van der Waals surface area contributed by atoms with Gasteiger partial charge in [0.15, 0.2) is 0 Å². The van der Waals surface area contributed by atoms with E-state index in [0.29, 0.717) is 32.0 Å². The molecule has 0 bridgehead atoms. The van der Waals surface area contributed by atoms with E-state index < -0.39 is 11.6 Å². The number of likely N-dealkylation sites (tertiary alicyclic amines) is 1. The smallest absolute Gasteiger partial charge is 0.321 e. The van der Waals surface area contributed by atoms with Crippen molar-refractivity contribution < 1.29 is 18.4 Å². The van der Waals surface area contributed by atoms with Crippen molar-refractivity contribution in [2.45, 2.75) is 25.7 Å². The minimum Gasteiger partial charge on any atom is -0.356 e. The molecule has 7 heteroatoms. The number of nitrogens with zero attached hydrogens (tertiary/aromatic N) is 1. The Balaban J connectivity index is 1.35. The zero-order valence-electron chi connectivity index (χ0n) is 16.2. The summed E-state index contributed by atoms with van der Waals surface area (Å²) in [6, 6.07) is 12.3. The van der Waals surface area contributed by atoms with Crippen LogP contribution < -0.4 is 10.6 Å². The molecule has 1 aliphatic rings. The topological polar surface area (TPSA) is 61.4 Å². The zero-order chi connectivity index (χ0) is 20.6. The summed E-state index contributed by atoms with van der Waals surface area (Å²) in [5, 5.41) is 5.44. The van der Waals surface area contributed by atoms with Gasteiger partial charge < -0.3 is 15.5 Å². The van der Waals surface area contributed by atoms with Crippen LogP contribution >= 0.6 is 0 Å². The monoisotopic (exact) mass is 401 g/mol. The first-order chi connectivity index (χ1) is 14.0. The number of rotatable bonds is 6. The molecule has 1 aliphatic heterocycles. The Hall–Kier alpha value is -2.96. The van der Waals surface area contributed by atoms with Gasteiger partial charge in [-0.3, -0.25) is 4.79 Å². The number of hydrogen-bond acceptors (Lipinski definition) is 2. The molecule has 3 amide bonds. The first-order valence-electron chi connectivity index (χ1n) is 9.83. The van der Waals surface area contributed by atoms with Gasteiger partial charge in [-0.25, -0.2) is 13.6 Å². The lowest BCUT2D eigenvalue weighted by Crippen LogP contribution is -2.41. The molecule has 5 nitrogen and oxygen atoms in total. The Bertz CT molecular complexity index is 837. The number of hydrogen-bond donors (Lipinski definition) is 2. The van der Waals surface area contributed by atoms with Gasteiger partial charge in [-0.05, 0) is 42.9 Å². The zero-order valence-corrected chi connectivity index (χ0v) is 16.2. The van der Waals surface area contributed by atoms with Gasteiger partial charge in [0.2, 0.25) is 5.91 Å². The summed E-state index contributed by atoms with van der Waals surface area (Å²) in [5.74, 6) is -1.04. The molecule has 0 aliphatic carbocycles. The quantitative estimate of drug-likeness (QED) is 0.770. The Labute approximate surface area is 169 Å². The van der Waals surface area contributed by atoms with Crippen LogP contribution in [0.2, 0.25) is 0 Å². The van der Waals surface area contributed by atoms with Crippen molar-refractivity contribution in [3.8, 4) is 0 Å². The van der Waals surface area contributed by atoms with Gasteiger partial charge in [-0.15, -0.1) is 0 Å². The standard InChI is InChI=1S/C22H25F2N3O2/c23-18-6-7-20(19(24)15-18)26-22(29)27-12-9-16(10-13-27)8-11-25-21(28)14-17-4-2-1-3-5-17/h1-7,15-16H,8-14H2,(H,25,28)(H,26,29). The molecule has 1 saturated heterocycles. The van der Waals surface area contributed by atoms with Crippen molar-refractivity contribution in [3.63, 3.8) is 0 Å². The van der Waals surface area contributed by atoms with Crippen molar-refractivity contribution >= 4 is 17.6 Å². The molecule has 0 spiro atoms. The van der Waals surface area contributed by atoms with Gasteiger partial charge in [-0.2, -0.15) is 0 Å². The van der Waals surface area contributed by atoms with Crippen molar-refractivity contribution in [3.05, 3.63) is 65.7 Å². The molecule has 29 heavy (non-hydrogen) atoms. The lowest BCUT2D eigenvalue weighted by atomic mass is 9.93. The van der Waals surface area contributed by atoms with Gasteiger partial charge in [0.05, 0.1) is 12.1 Å². The molecule has 0 radical (unpaired) electrons.